The molecule has 1 N–H and O–H groups in total. The second kappa shape index (κ2) is 12.4. The fourth-order valence-corrected chi connectivity index (χ4v) is 7.35. The highest BCUT2D eigenvalue weighted by Crippen LogP contribution is 2.46. The molecule has 44 heavy (non-hydrogen) atoms. The molecule has 0 saturated heterocycles. The molecule has 1 amide bonds. The Kier molecular flexibility index (Phi) is 8.57. The zero-order valence-electron chi connectivity index (χ0n) is 23.6. The molecule has 0 aromatic heterocycles. The molecule has 0 radical (unpaired) electrons. The fraction of sp³-hybridized carbons (Fsp3) is 0.176. The Labute approximate surface area is 272 Å². The smallest absolute Gasteiger partial charge is 0.274 e. The molecule has 4 aromatic carbocycles. The van der Waals surface area contributed by atoms with Gasteiger partial charge in [-0.2, -0.15) is 5.10 Å². The average molecular weight is 665 g/mol. The normalized spacial score (nSPS) is 20.7. The zero-order valence-corrected chi connectivity index (χ0v) is 26.7. The van der Waals surface area contributed by atoms with Crippen molar-refractivity contribution in [1.82, 2.24) is 5.01 Å². The van der Waals surface area contributed by atoms with Crippen molar-refractivity contribution in [2.24, 2.45) is 16.9 Å². The Morgan fingerprint density at radius 3 is 2.16 bits per heavy atom. The predicted molar refractivity (Wildman–Crippen MR) is 178 cm³/mol. The van der Waals surface area contributed by atoms with Gasteiger partial charge in [0.05, 0.1) is 16.6 Å². The summed E-state index contributed by atoms with van der Waals surface area (Å²) in [5.41, 5.74) is 4.40. The van der Waals surface area contributed by atoms with Crippen LogP contribution >= 0.6 is 34.8 Å². The summed E-state index contributed by atoms with van der Waals surface area (Å²) in [6.07, 6.45) is 3.77. The Morgan fingerprint density at radius 2 is 1.50 bits per heavy atom. The number of benzene rings is 4. The summed E-state index contributed by atoms with van der Waals surface area (Å²) in [5.74, 6) is -0.0930. The van der Waals surface area contributed by atoms with E-state index < -0.39 is 22.0 Å². The van der Waals surface area contributed by atoms with E-state index >= 15 is 0 Å². The predicted octanol–water partition coefficient (Wildman–Crippen LogP) is 9.13. The Morgan fingerprint density at radius 1 is 0.886 bits per heavy atom. The number of hydrazone groups is 1. The maximum absolute atomic E-state index is 14.2. The van der Waals surface area contributed by atoms with Crippen molar-refractivity contribution in [2.75, 3.05) is 4.72 Å². The van der Waals surface area contributed by atoms with Gasteiger partial charge in [0.2, 0.25) is 0 Å². The van der Waals surface area contributed by atoms with Crippen molar-refractivity contribution in [2.45, 2.75) is 30.7 Å². The molecule has 224 valence electrons. The van der Waals surface area contributed by atoms with E-state index in [0.717, 1.165) is 35.3 Å². The summed E-state index contributed by atoms with van der Waals surface area (Å²) in [5, 5.41) is 8.21. The van der Waals surface area contributed by atoms with Crippen LogP contribution in [0.2, 0.25) is 15.1 Å². The van der Waals surface area contributed by atoms with Crippen LogP contribution in [-0.2, 0) is 10.0 Å². The lowest BCUT2D eigenvalue weighted by Gasteiger charge is -2.32. The average Bonchev–Trinajstić information content (AvgIpc) is 3.39. The van der Waals surface area contributed by atoms with E-state index in [9.17, 15) is 13.2 Å². The molecule has 0 spiro atoms. The van der Waals surface area contributed by atoms with Gasteiger partial charge in [0.25, 0.3) is 15.9 Å². The van der Waals surface area contributed by atoms with Crippen LogP contribution in [0.1, 0.15) is 47.3 Å². The molecule has 1 aliphatic heterocycles. The number of nitrogens with one attached hydrogen (secondary N) is 1. The number of nitrogens with zero attached hydrogens (tertiary/aromatic N) is 2. The van der Waals surface area contributed by atoms with Crippen molar-refractivity contribution in [3.05, 3.63) is 134 Å². The molecule has 1 aliphatic carbocycles. The van der Waals surface area contributed by atoms with Crippen LogP contribution in [0, 0.1) is 11.8 Å². The molecule has 1 fully saturated rings. The van der Waals surface area contributed by atoms with Crippen LogP contribution in [0.25, 0.3) is 6.08 Å². The van der Waals surface area contributed by atoms with E-state index in [-0.39, 0.29) is 16.4 Å². The van der Waals surface area contributed by atoms with Gasteiger partial charge in [0.15, 0.2) is 0 Å². The van der Waals surface area contributed by atoms with Gasteiger partial charge in [-0.25, -0.2) is 13.4 Å². The molecular formula is C34H28Cl3N3O3S. The third-order valence-electron chi connectivity index (χ3n) is 7.88. The van der Waals surface area contributed by atoms with Gasteiger partial charge in [-0.05, 0) is 108 Å². The fourth-order valence-electron chi connectivity index (χ4n) is 5.87. The molecule has 1 saturated carbocycles. The van der Waals surface area contributed by atoms with Crippen molar-refractivity contribution in [3.63, 3.8) is 0 Å². The van der Waals surface area contributed by atoms with Gasteiger partial charge in [0, 0.05) is 32.2 Å². The molecule has 4 aromatic rings. The number of allylic oxidation sites excluding steroid dienone is 1. The minimum atomic E-state index is -3.98. The molecule has 10 heteroatoms. The van der Waals surface area contributed by atoms with Crippen molar-refractivity contribution in [1.29, 1.82) is 0 Å². The van der Waals surface area contributed by atoms with Gasteiger partial charge >= 0.3 is 0 Å². The van der Waals surface area contributed by atoms with Gasteiger partial charge in [-0.1, -0.05) is 72.1 Å². The summed E-state index contributed by atoms with van der Waals surface area (Å²) in [6.45, 7) is 2.21. The highest BCUT2D eigenvalue weighted by atomic mass is 35.5. The minimum absolute atomic E-state index is 0.0393. The Balaban J connectivity index is 1.38. The maximum atomic E-state index is 14.2. The number of rotatable bonds is 6. The molecule has 1 heterocycles. The number of halogens is 3. The molecule has 3 atom stereocenters. The van der Waals surface area contributed by atoms with Gasteiger partial charge < -0.3 is 0 Å². The van der Waals surface area contributed by atoms with Crippen molar-refractivity contribution < 1.29 is 13.2 Å². The first-order valence-corrected chi connectivity index (χ1v) is 16.7. The van der Waals surface area contributed by atoms with E-state index in [0.29, 0.717) is 26.7 Å². The third-order valence-corrected chi connectivity index (χ3v) is 10.0. The number of amides is 1. The number of sulfonamides is 1. The number of hydrogen-bond donors (Lipinski definition) is 1. The van der Waals surface area contributed by atoms with Crippen LogP contribution in [0.15, 0.2) is 113 Å². The second-order valence-corrected chi connectivity index (χ2v) is 14.1. The summed E-state index contributed by atoms with van der Waals surface area (Å²) in [7, 11) is -3.98. The number of hydrogen-bond acceptors (Lipinski definition) is 4. The van der Waals surface area contributed by atoms with Crippen LogP contribution in [0.5, 0.6) is 0 Å². The number of fused-ring (bicyclic) bond motifs is 1. The first kappa shape index (κ1) is 30.4. The molecule has 0 unspecified atom stereocenters. The van der Waals surface area contributed by atoms with Crippen LogP contribution in [0.4, 0.5) is 5.69 Å². The minimum Gasteiger partial charge on any atom is -0.280 e. The van der Waals surface area contributed by atoms with Crippen molar-refractivity contribution >= 4 is 68.2 Å². The summed E-state index contributed by atoms with van der Waals surface area (Å²) < 4.78 is 29.1. The highest BCUT2D eigenvalue weighted by molar-refractivity contribution is 7.92. The second-order valence-electron chi connectivity index (χ2n) is 11.1. The first-order valence-electron chi connectivity index (χ1n) is 14.1. The lowest BCUT2D eigenvalue weighted by atomic mass is 9.73. The van der Waals surface area contributed by atoms with Gasteiger partial charge in [-0.3, -0.25) is 9.52 Å². The van der Waals surface area contributed by atoms with Crippen molar-refractivity contribution in [3.8, 4) is 0 Å². The molecular weight excluding hydrogens is 637 g/mol. The monoisotopic (exact) mass is 663 g/mol. The topological polar surface area (TPSA) is 78.8 Å². The SMILES string of the molecule is C[C@@H]1C/C(=C\c2ccc(Cl)cc2)C2=NN(C(=O)c3cccc(S(=O)(=O)Nc4ccc(Cl)cc4)c3)[C@@H](c3ccc(Cl)cc3)[C@@H]2C1. The zero-order chi connectivity index (χ0) is 31.0. The lowest BCUT2D eigenvalue weighted by molar-refractivity contribution is 0.0676. The number of carbonyl (C=O) groups is 1. The lowest BCUT2D eigenvalue weighted by Crippen LogP contribution is -2.33. The summed E-state index contributed by atoms with van der Waals surface area (Å²) >= 11 is 18.3. The Bertz CT molecular complexity index is 1870. The standard InChI is InChI=1S/C34H28Cl3N3O3S/c1-21-17-25(19-22-5-9-26(35)10-6-22)32-31(18-21)33(23-7-11-27(36)12-8-23)40(38-32)34(41)24-3-2-4-30(20-24)44(42,43)39-29-15-13-28(37)14-16-29/h2-16,19-21,31,33,39H,17-18H2,1H3/b25-19+/t21-,31-,33+/m1/s1. The molecule has 0 bridgehead atoms. The van der Waals surface area contributed by atoms with E-state index in [4.69, 9.17) is 39.9 Å². The third kappa shape index (κ3) is 6.42. The molecule has 2 aliphatic rings. The van der Waals surface area contributed by atoms with Crippen LogP contribution in [0.3, 0.4) is 0 Å². The van der Waals surface area contributed by atoms with E-state index in [2.05, 4.69) is 17.7 Å². The molecule has 6 rings (SSSR count). The highest BCUT2D eigenvalue weighted by Gasteiger charge is 2.45. The van der Waals surface area contributed by atoms with E-state index in [1.54, 1.807) is 36.4 Å². The van der Waals surface area contributed by atoms with Gasteiger partial charge in [-0.15, -0.1) is 0 Å². The largest absolute Gasteiger partial charge is 0.280 e. The molecule has 6 nitrogen and oxygen atoms in total. The van der Waals surface area contributed by atoms with E-state index in [1.807, 2.05) is 48.5 Å². The number of carbonyl (C=O) groups excluding carboxylic acids is 1. The van der Waals surface area contributed by atoms with E-state index in [1.165, 1.54) is 17.1 Å². The van der Waals surface area contributed by atoms with Gasteiger partial charge in [0.1, 0.15) is 0 Å². The summed E-state index contributed by atoms with van der Waals surface area (Å²) in [6, 6.07) is 27.0. The first-order chi connectivity index (χ1) is 21.1. The van der Waals surface area contributed by atoms with Crippen LogP contribution in [-0.4, -0.2) is 25.0 Å². The summed E-state index contributed by atoms with van der Waals surface area (Å²) in [4.78, 5) is 14.2. The number of anilines is 1. The quantitative estimate of drug-likeness (QED) is 0.223. The Hall–Kier alpha value is -3.62. The van der Waals surface area contributed by atoms with Crippen LogP contribution < -0.4 is 4.72 Å². The maximum Gasteiger partial charge on any atom is 0.274 e.